The molecule has 0 saturated heterocycles. The van der Waals surface area contributed by atoms with E-state index in [1.807, 2.05) is 0 Å². The summed E-state index contributed by atoms with van der Waals surface area (Å²) in [5.41, 5.74) is 7.39. The SMILES string of the molecule is CC(N)Cc1c(N(CC2CC2)CC2CC2)nc2sccn12. The molecule has 1 atom stereocenters. The quantitative estimate of drug-likeness (QED) is 0.855. The molecule has 4 nitrogen and oxygen atoms in total. The topological polar surface area (TPSA) is 46.6 Å². The monoisotopic (exact) mass is 304 g/mol. The molecule has 0 bridgehead atoms. The number of hydrogen-bond acceptors (Lipinski definition) is 4. The molecule has 4 rings (SSSR count). The molecule has 0 amide bonds. The lowest BCUT2D eigenvalue weighted by molar-refractivity contribution is 0.659. The molecule has 2 aliphatic rings. The number of hydrogen-bond donors (Lipinski definition) is 1. The molecule has 114 valence electrons. The van der Waals surface area contributed by atoms with E-state index in [4.69, 9.17) is 10.7 Å². The summed E-state index contributed by atoms with van der Waals surface area (Å²) in [4.78, 5) is 8.61. The van der Waals surface area contributed by atoms with Gasteiger partial charge in [-0.25, -0.2) is 4.98 Å². The minimum absolute atomic E-state index is 0.173. The fourth-order valence-corrected chi connectivity index (χ4v) is 3.77. The maximum absolute atomic E-state index is 6.08. The number of thiazole rings is 1. The molecule has 2 N–H and O–H groups in total. The first-order valence-corrected chi connectivity index (χ1v) is 9.03. The molecule has 2 aromatic heterocycles. The first-order valence-electron chi connectivity index (χ1n) is 8.15. The van der Waals surface area contributed by atoms with Crippen LogP contribution in [0.3, 0.4) is 0 Å². The van der Waals surface area contributed by atoms with Gasteiger partial charge in [-0.1, -0.05) is 0 Å². The first-order chi connectivity index (χ1) is 10.2. The molecule has 0 aromatic carbocycles. The third-order valence-electron chi connectivity index (χ3n) is 4.51. The van der Waals surface area contributed by atoms with Gasteiger partial charge in [0.1, 0.15) is 0 Å². The van der Waals surface area contributed by atoms with Crippen molar-refractivity contribution >= 4 is 22.1 Å². The van der Waals surface area contributed by atoms with Crippen LogP contribution in [0.15, 0.2) is 11.6 Å². The van der Waals surface area contributed by atoms with Crippen LogP contribution in [0.5, 0.6) is 0 Å². The summed E-state index contributed by atoms with van der Waals surface area (Å²) in [5, 5.41) is 2.11. The molecular formula is C16H24N4S. The van der Waals surface area contributed by atoms with Gasteiger partial charge in [0, 0.05) is 37.1 Å². The predicted octanol–water partition coefficient (Wildman–Crippen LogP) is 2.91. The molecule has 1 unspecified atom stereocenters. The van der Waals surface area contributed by atoms with Gasteiger partial charge < -0.3 is 10.6 Å². The average molecular weight is 304 g/mol. The van der Waals surface area contributed by atoms with Crippen LogP contribution in [-0.2, 0) is 6.42 Å². The Balaban J connectivity index is 1.68. The lowest BCUT2D eigenvalue weighted by Crippen LogP contribution is -2.30. The van der Waals surface area contributed by atoms with E-state index in [1.54, 1.807) is 11.3 Å². The van der Waals surface area contributed by atoms with Crippen LogP contribution < -0.4 is 10.6 Å². The summed E-state index contributed by atoms with van der Waals surface area (Å²) in [6, 6.07) is 0.173. The van der Waals surface area contributed by atoms with Gasteiger partial charge in [-0.15, -0.1) is 11.3 Å². The highest BCUT2D eigenvalue weighted by molar-refractivity contribution is 7.15. The number of aromatic nitrogens is 2. The largest absolute Gasteiger partial charge is 0.355 e. The van der Waals surface area contributed by atoms with Gasteiger partial charge in [-0.2, -0.15) is 0 Å². The highest BCUT2D eigenvalue weighted by Crippen LogP contribution is 2.37. The van der Waals surface area contributed by atoms with Crippen LogP contribution in [0.1, 0.15) is 38.3 Å². The second-order valence-electron chi connectivity index (χ2n) is 6.91. The number of anilines is 1. The van der Waals surface area contributed by atoms with Gasteiger partial charge in [0.05, 0.1) is 5.69 Å². The van der Waals surface area contributed by atoms with Gasteiger partial charge in [0.2, 0.25) is 0 Å². The molecule has 2 aliphatic carbocycles. The van der Waals surface area contributed by atoms with Crippen molar-refractivity contribution < 1.29 is 0 Å². The molecule has 5 heteroatoms. The van der Waals surface area contributed by atoms with Crippen LogP contribution in [0.2, 0.25) is 0 Å². The molecule has 0 radical (unpaired) electrons. The molecule has 2 fully saturated rings. The lowest BCUT2D eigenvalue weighted by atomic mass is 10.2. The Morgan fingerprint density at radius 2 is 2.00 bits per heavy atom. The summed E-state index contributed by atoms with van der Waals surface area (Å²) in [6.45, 7) is 4.46. The zero-order valence-electron chi connectivity index (χ0n) is 12.7. The van der Waals surface area contributed by atoms with Crippen molar-refractivity contribution in [3.63, 3.8) is 0 Å². The van der Waals surface area contributed by atoms with Crippen molar-refractivity contribution in [3.8, 4) is 0 Å². The van der Waals surface area contributed by atoms with Crippen molar-refractivity contribution in [1.82, 2.24) is 9.38 Å². The molecular weight excluding hydrogens is 280 g/mol. The van der Waals surface area contributed by atoms with E-state index >= 15 is 0 Å². The number of rotatable bonds is 7. The Kier molecular flexibility index (Phi) is 3.42. The van der Waals surface area contributed by atoms with Gasteiger partial charge in [0.15, 0.2) is 10.8 Å². The second kappa shape index (κ2) is 5.29. The zero-order valence-corrected chi connectivity index (χ0v) is 13.5. The third-order valence-corrected chi connectivity index (χ3v) is 5.26. The minimum atomic E-state index is 0.173. The maximum atomic E-state index is 6.08. The van der Waals surface area contributed by atoms with E-state index in [2.05, 4.69) is 27.8 Å². The summed E-state index contributed by atoms with van der Waals surface area (Å²) >= 11 is 1.72. The average Bonchev–Trinajstić information content (AvgIpc) is 3.34. The number of nitrogens with zero attached hydrogens (tertiary/aromatic N) is 3. The minimum Gasteiger partial charge on any atom is -0.355 e. The van der Waals surface area contributed by atoms with Crippen LogP contribution in [0, 0.1) is 11.8 Å². The van der Waals surface area contributed by atoms with Crippen molar-refractivity contribution in [2.45, 2.75) is 45.1 Å². The Morgan fingerprint density at radius 1 is 1.33 bits per heavy atom. The predicted molar refractivity (Wildman–Crippen MR) is 88.1 cm³/mol. The molecule has 2 saturated carbocycles. The van der Waals surface area contributed by atoms with E-state index in [0.29, 0.717) is 0 Å². The van der Waals surface area contributed by atoms with E-state index < -0.39 is 0 Å². The van der Waals surface area contributed by atoms with E-state index in [9.17, 15) is 0 Å². The van der Waals surface area contributed by atoms with E-state index in [-0.39, 0.29) is 6.04 Å². The maximum Gasteiger partial charge on any atom is 0.195 e. The van der Waals surface area contributed by atoms with Crippen molar-refractivity contribution in [2.24, 2.45) is 17.6 Å². The van der Waals surface area contributed by atoms with E-state index in [0.717, 1.165) is 23.2 Å². The summed E-state index contributed by atoms with van der Waals surface area (Å²) < 4.78 is 2.25. The lowest BCUT2D eigenvalue weighted by Gasteiger charge is -2.24. The Labute approximate surface area is 130 Å². The van der Waals surface area contributed by atoms with Crippen LogP contribution in [0.4, 0.5) is 5.82 Å². The Morgan fingerprint density at radius 3 is 2.57 bits per heavy atom. The van der Waals surface area contributed by atoms with Gasteiger partial charge in [0.25, 0.3) is 0 Å². The normalized spacial score (nSPS) is 20.1. The highest BCUT2D eigenvalue weighted by atomic mass is 32.1. The van der Waals surface area contributed by atoms with Crippen molar-refractivity contribution in [1.29, 1.82) is 0 Å². The van der Waals surface area contributed by atoms with Crippen LogP contribution in [-0.4, -0.2) is 28.5 Å². The fraction of sp³-hybridized carbons (Fsp3) is 0.688. The molecule has 21 heavy (non-hydrogen) atoms. The Bertz CT molecular complexity index is 607. The fourth-order valence-electron chi connectivity index (χ4n) is 3.04. The number of imidazole rings is 1. The third kappa shape index (κ3) is 2.94. The molecule has 0 spiro atoms. The molecule has 2 heterocycles. The van der Waals surface area contributed by atoms with Gasteiger partial charge >= 0.3 is 0 Å². The summed E-state index contributed by atoms with van der Waals surface area (Å²) in [5.74, 6) is 3.00. The zero-order chi connectivity index (χ0) is 14.4. The highest BCUT2D eigenvalue weighted by Gasteiger charge is 2.32. The Hall–Kier alpha value is -1.07. The molecule has 0 aliphatic heterocycles. The van der Waals surface area contributed by atoms with E-state index in [1.165, 1.54) is 50.3 Å². The van der Waals surface area contributed by atoms with Gasteiger partial charge in [-0.05, 0) is 44.4 Å². The first kappa shape index (κ1) is 13.6. The van der Waals surface area contributed by atoms with Crippen LogP contribution in [0.25, 0.3) is 4.96 Å². The smallest absolute Gasteiger partial charge is 0.195 e. The summed E-state index contributed by atoms with van der Waals surface area (Å²) in [6.07, 6.45) is 8.62. The van der Waals surface area contributed by atoms with Gasteiger partial charge in [-0.3, -0.25) is 4.40 Å². The van der Waals surface area contributed by atoms with Crippen LogP contribution >= 0.6 is 11.3 Å². The molecule has 2 aromatic rings. The standard InChI is InChI=1S/C16H24N4S/c1-11(17)8-14-15(18-16-20(14)6-7-21-16)19(9-12-2-3-12)10-13-4-5-13/h6-7,11-13H,2-5,8-10,17H2,1H3. The number of fused-ring (bicyclic) bond motifs is 1. The number of nitrogens with two attached hydrogens (primary N) is 1. The van der Waals surface area contributed by atoms with Crippen molar-refractivity contribution in [3.05, 3.63) is 17.3 Å². The van der Waals surface area contributed by atoms with Crippen molar-refractivity contribution in [2.75, 3.05) is 18.0 Å². The second-order valence-corrected chi connectivity index (χ2v) is 7.78. The summed E-state index contributed by atoms with van der Waals surface area (Å²) in [7, 11) is 0.